The highest BCUT2D eigenvalue weighted by atomic mass is 32.1. The number of nitrogens with zero attached hydrogens (tertiary/aromatic N) is 4. The highest BCUT2D eigenvalue weighted by Gasteiger charge is 2.30. The number of thiazole rings is 1. The number of amides is 2. The van der Waals surface area contributed by atoms with E-state index in [9.17, 15) is 24.8 Å². The fraction of sp³-hybridized carbons (Fsp3) is 0.385. The molecule has 288 valence electrons. The number of hydrogen-bond acceptors (Lipinski definition) is 13. The smallest absolute Gasteiger partial charge is 0.295 e. The molecule has 0 radical (unpaired) electrons. The third kappa shape index (κ3) is 10.8. The number of terminal acetylenes is 1. The van der Waals surface area contributed by atoms with Crippen molar-refractivity contribution in [2.75, 3.05) is 79.6 Å². The standard InChI is InChI=1S/C39H42N6O9S/c1-3-13-51-14-15-52-16-17-53-18-19-54-24-28(46)21-43-37(48)38-44-31(25-55-38)34-35-33(32(50-2)23-42-34)30(22-41-35)36(47)39(49)45-11-9-27(10-12-45)29(20-40)26-7-5-4-6-8-26/h1,4-8,22-23,25,28,41,46H,9-19,21,24H2,2H3,(H,43,48). The molecule has 1 saturated heterocycles. The van der Waals surface area contributed by atoms with Crippen LogP contribution < -0.4 is 10.1 Å². The number of aliphatic hydroxyl groups is 1. The number of pyridine rings is 1. The molecule has 1 aliphatic heterocycles. The Morgan fingerprint density at radius 3 is 2.42 bits per heavy atom. The summed E-state index contributed by atoms with van der Waals surface area (Å²) in [7, 11) is 1.44. The van der Waals surface area contributed by atoms with Crippen molar-refractivity contribution >= 4 is 45.4 Å². The SMILES string of the molecule is C#CCOCCOCCOCCOCC(O)CNC(=O)c1nc(-c2ncc(OC)c3c(C(=O)C(=O)N4CCC(=C(C#N)c5ccccc5)CC4)c[nH]c23)cs1. The molecule has 1 fully saturated rings. The summed E-state index contributed by atoms with van der Waals surface area (Å²) < 4.78 is 26.8. The molecule has 1 aromatic carbocycles. The molecule has 0 saturated carbocycles. The minimum atomic E-state index is -0.956. The number of carbonyl (C=O) groups is 3. The third-order valence-electron chi connectivity index (χ3n) is 8.57. The second-order valence-electron chi connectivity index (χ2n) is 12.2. The van der Waals surface area contributed by atoms with Crippen LogP contribution in [0.5, 0.6) is 5.75 Å². The lowest BCUT2D eigenvalue weighted by Gasteiger charge is -2.28. The van der Waals surface area contributed by atoms with Crippen molar-refractivity contribution < 1.29 is 43.2 Å². The van der Waals surface area contributed by atoms with Gasteiger partial charge in [-0.25, -0.2) is 9.97 Å². The highest BCUT2D eigenvalue weighted by molar-refractivity contribution is 7.12. The fourth-order valence-electron chi connectivity index (χ4n) is 5.83. The normalized spacial score (nSPS) is 13.2. The number of rotatable bonds is 20. The van der Waals surface area contributed by atoms with E-state index in [1.54, 1.807) is 5.38 Å². The van der Waals surface area contributed by atoms with Crippen molar-refractivity contribution in [2.24, 2.45) is 0 Å². The summed E-state index contributed by atoms with van der Waals surface area (Å²) in [6.07, 6.45) is 7.98. The molecule has 0 aliphatic carbocycles. The number of nitriles is 1. The van der Waals surface area contributed by atoms with Gasteiger partial charge in [-0.1, -0.05) is 36.3 Å². The summed E-state index contributed by atoms with van der Waals surface area (Å²) >= 11 is 1.08. The molecule has 0 bridgehead atoms. The number of aromatic amines is 1. The number of H-pyrrole nitrogens is 1. The predicted octanol–water partition coefficient (Wildman–Crippen LogP) is 3.27. The van der Waals surface area contributed by atoms with E-state index in [1.165, 1.54) is 24.4 Å². The van der Waals surface area contributed by atoms with Crippen molar-refractivity contribution in [3.05, 3.63) is 69.8 Å². The monoisotopic (exact) mass is 770 g/mol. The summed E-state index contributed by atoms with van der Waals surface area (Å²) in [5, 5.41) is 24.9. The van der Waals surface area contributed by atoms with E-state index in [4.69, 9.17) is 30.1 Å². The van der Waals surface area contributed by atoms with Gasteiger partial charge in [0.2, 0.25) is 0 Å². The minimum absolute atomic E-state index is 0.00780. The molecule has 16 heteroatoms. The van der Waals surface area contributed by atoms with Gasteiger partial charge in [0.05, 0.1) is 93.8 Å². The first-order valence-corrected chi connectivity index (χ1v) is 18.5. The van der Waals surface area contributed by atoms with Gasteiger partial charge in [0, 0.05) is 31.2 Å². The van der Waals surface area contributed by atoms with E-state index in [0.717, 1.165) is 22.5 Å². The van der Waals surface area contributed by atoms with E-state index < -0.39 is 23.7 Å². The molecule has 5 rings (SSSR count). The Bertz CT molecular complexity index is 2040. The maximum absolute atomic E-state index is 13.7. The summed E-state index contributed by atoms with van der Waals surface area (Å²) in [6.45, 7) is 2.98. The quantitative estimate of drug-likeness (QED) is 0.0391. The van der Waals surface area contributed by atoms with E-state index in [1.807, 2.05) is 30.3 Å². The number of ketones is 1. The fourth-order valence-corrected chi connectivity index (χ4v) is 6.55. The summed E-state index contributed by atoms with van der Waals surface area (Å²) in [4.78, 5) is 53.5. The molecule has 1 atom stereocenters. The largest absolute Gasteiger partial charge is 0.494 e. The van der Waals surface area contributed by atoms with Crippen LogP contribution in [0.15, 0.2) is 53.7 Å². The lowest BCUT2D eigenvalue weighted by molar-refractivity contribution is -0.126. The van der Waals surface area contributed by atoms with E-state index in [2.05, 4.69) is 32.3 Å². The average molecular weight is 771 g/mol. The zero-order valence-corrected chi connectivity index (χ0v) is 31.2. The molecule has 2 amide bonds. The Hall–Kier alpha value is -5.46. The minimum Gasteiger partial charge on any atom is -0.494 e. The van der Waals surface area contributed by atoms with Crippen molar-refractivity contribution in [2.45, 2.75) is 18.9 Å². The second kappa shape index (κ2) is 20.8. The van der Waals surface area contributed by atoms with Crippen LogP contribution in [0.3, 0.4) is 0 Å². The van der Waals surface area contributed by atoms with E-state index >= 15 is 0 Å². The molecule has 55 heavy (non-hydrogen) atoms. The Morgan fingerprint density at radius 2 is 1.75 bits per heavy atom. The lowest BCUT2D eigenvalue weighted by atomic mass is 9.93. The second-order valence-corrected chi connectivity index (χ2v) is 13.0. The number of ether oxygens (including phenoxy) is 5. The van der Waals surface area contributed by atoms with Crippen LogP contribution in [-0.2, 0) is 23.7 Å². The summed E-state index contributed by atoms with van der Waals surface area (Å²) in [6, 6.07) is 11.7. The number of likely N-dealkylation sites (tertiary alicyclic amines) is 1. The molecular formula is C39H42N6O9S. The average Bonchev–Trinajstić information content (AvgIpc) is 3.90. The molecule has 3 aromatic heterocycles. The molecule has 1 aliphatic rings. The molecule has 0 spiro atoms. The number of Topliss-reactive ketones (excluding diaryl/α,β-unsaturated/α-hetero) is 1. The van der Waals surface area contributed by atoms with Crippen molar-refractivity contribution in [1.29, 1.82) is 5.26 Å². The van der Waals surface area contributed by atoms with Gasteiger partial charge in [0.15, 0.2) is 5.01 Å². The maximum atomic E-state index is 13.7. The van der Waals surface area contributed by atoms with Gasteiger partial charge in [-0.05, 0) is 24.0 Å². The van der Waals surface area contributed by atoms with Crippen LogP contribution in [0.2, 0.25) is 0 Å². The van der Waals surface area contributed by atoms with Crippen LogP contribution in [0.25, 0.3) is 27.9 Å². The Morgan fingerprint density at radius 1 is 1.05 bits per heavy atom. The number of benzene rings is 1. The van der Waals surface area contributed by atoms with Crippen molar-refractivity contribution in [1.82, 2.24) is 25.2 Å². The lowest BCUT2D eigenvalue weighted by Crippen LogP contribution is -2.40. The van der Waals surface area contributed by atoms with Gasteiger partial charge in [0.1, 0.15) is 23.7 Å². The summed E-state index contributed by atoms with van der Waals surface area (Å²) in [5.74, 6) is 0.790. The van der Waals surface area contributed by atoms with Crippen molar-refractivity contribution in [3.63, 3.8) is 0 Å². The number of piperidine rings is 1. The number of aromatic nitrogens is 3. The highest BCUT2D eigenvalue weighted by Crippen LogP contribution is 2.35. The number of hydrogen-bond donors (Lipinski definition) is 3. The van der Waals surface area contributed by atoms with Gasteiger partial charge in [-0.2, -0.15) is 5.26 Å². The first kappa shape index (κ1) is 40.7. The number of methoxy groups -OCH3 is 1. The van der Waals surface area contributed by atoms with Gasteiger partial charge in [0.25, 0.3) is 17.6 Å². The maximum Gasteiger partial charge on any atom is 0.295 e. The van der Waals surface area contributed by atoms with E-state index in [0.29, 0.717) is 86.8 Å². The topological polar surface area (TPSA) is 198 Å². The first-order chi connectivity index (χ1) is 26.9. The first-order valence-electron chi connectivity index (χ1n) is 17.6. The third-order valence-corrected chi connectivity index (χ3v) is 9.41. The zero-order chi connectivity index (χ0) is 39.0. The number of nitrogens with one attached hydrogen (secondary N) is 2. The van der Waals surface area contributed by atoms with Crippen LogP contribution in [0.1, 0.15) is 38.6 Å². The number of fused-ring (bicyclic) bond motifs is 1. The zero-order valence-electron chi connectivity index (χ0n) is 30.4. The van der Waals surface area contributed by atoms with Crippen LogP contribution in [-0.4, -0.2) is 128 Å². The molecular weight excluding hydrogens is 729 g/mol. The predicted molar refractivity (Wildman–Crippen MR) is 203 cm³/mol. The van der Waals surface area contributed by atoms with Crippen molar-refractivity contribution in [3.8, 4) is 35.6 Å². The van der Waals surface area contributed by atoms with Gasteiger partial charge in [-0.15, -0.1) is 17.8 Å². The Balaban J connectivity index is 1.13. The summed E-state index contributed by atoms with van der Waals surface area (Å²) in [5.41, 5.74) is 3.63. The van der Waals surface area contributed by atoms with Crippen LogP contribution >= 0.6 is 11.3 Å². The van der Waals surface area contributed by atoms with Gasteiger partial charge in [-0.3, -0.25) is 14.4 Å². The number of aliphatic hydroxyl groups excluding tert-OH is 1. The molecule has 1 unspecified atom stereocenters. The van der Waals surface area contributed by atoms with Crippen LogP contribution in [0, 0.1) is 23.7 Å². The van der Waals surface area contributed by atoms with E-state index in [-0.39, 0.29) is 42.7 Å². The Labute approximate surface area is 322 Å². The molecule has 15 nitrogen and oxygen atoms in total. The molecule has 4 aromatic rings. The Kier molecular flexibility index (Phi) is 15.4. The number of allylic oxidation sites excluding steroid dienone is 1. The number of carbonyl (C=O) groups excluding carboxylic acids is 3. The van der Waals surface area contributed by atoms with Crippen LogP contribution in [0.4, 0.5) is 0 Å². The molecule has 3 N–H and O–H groups in total. The molecule has 4 heterocycles. The van der Waals surface area contributed by atoms with Gasteiger partial charge < -0.3 is 44.0 Å². The van der Waals surface area contributed by atoms with Gasteiger partial charge >= 0.3 is 0 Å².